The molecule has 9 nitrogen and oxygen atoms in total. The summed E-state index contributed by atoms with van der Waals surface area (Å²) in [5.41, 5.74) is 0. The van der Waals surface area contributed by atoms with Crippen molar-refractivity contribution in [3.05, 3.63) is 0 Å². The lowest BCUT2D eigenvalue weighted by Crippen LogP contribution is -2.53. The summed E-state index contributed by atoms with van der Waals surface area (Å²) >= 11 is 0. The second-order valence-corrected chi connectivity index (χ2v) is 31.9. The third kappa shape index (κ3) is 46.4. The van der Waals surface area contributed by atoms with Gasteiger partial charge in [-0.05, 0) is 119 Å². The molecule has 552 valence electrons. The van der Waals surface area contributed by atoms with E-state index >= 15 is 0 Å². The van der Waals surface area contributed by atoms with Crippen LogP contribution in [0, 0.1) is 29.6 Å². The number of hydrogen-bond acceptors (Lipinski definition) is 6. The number of Topliss-reactive ketones (excluding diaryl/α,β-unsaturated/α-hetero) is 1. The third-order valence-electron chi connectivity index (χ3n) is 23.3. The molecule has 0 spiro atoms. The number of unbranched alkanes of at least 4 members (excludes halogenated alkanes) is 36. The number of ketones is 1. The van der Waals surface area contributed by atoms with Gasteiger partial charge < -0.3 is 26.2 Å². The number of aliphatic hydroxyl groups is 2. The van der Waals surface area contributed by atoms with E-state index in [1.54, 1.807) is 0 Å². The molecule has 0 aromatic rings. The predicted octanol–water partition coefficient (Wildman–Crippen LogP) is 24.1. The Morgan fingerprint density at radius 2 is 0.532 bits per heavy atom. The highest BCUT2D eigenvalue weighted by Gasteiger charge is 2.36. The molecule has 3 aliphatic rings. The first-order valence-electron chi connectivity index (χ1n) is 42.8. The number of rotatable bonds is 65. The highest BCUT2D eigenvalue weighted by Crippen LogP contribution is 2.47. The van der Waals surface area contributed by atoms with Crippen molar-refractivity contribution >= 4 is 23.5 Å². The summed E-state index contributed by atoms with van der Waals surface area (Å²) in [5, 5.41) is 30.7. The van der Waals surface area contributed by atoms with Gasteiger partial charge in [-0.1, -0.05) is 336 Å². The smallest absolute Gasteiger partial charge is 0.220 e. The average molecular weight is 1320 g/mol. The minimum atomic E-state index is -0.113. The van der Waals surface area contributed by atoms with Gasteiger partial charge in [0.25, 0.3) is 0 Å². The largest absolute Gasteiger partial charge is 0.393 e. The number of amides is 3. The number of carbonyl (C=O) groups is 4. The van der Waals surface area contributed by atoms with E-state index < -0.39 is 0 Å². The number of aliphatic hydroxyl groups excluding tert-OH is 2. The van der Waals surface area contributed by atoms with E-state index in [9.17, 15) is 29.4 Å². The molecule has 6 unspecified atom stereocenters. The van der Waals surface area contributed by atoms with Crippen molar-refractivity contribution in [1.29, 1.82) is 0 Å². The fourth-order valence-electron chi connectivity index (χ4n) is 17.2. The van der Waals surface area contributed by atoms with Crippen LogP contribution in [0.25, 0.3) is 0 Å². The van der Waals surface area contributed by atoms with Crippen molar-refractivity contribution < 1.29 is 29.4 Å². The average Bonchev–Trinajstić information content (AvgIpc) is 0.930. The van der Waals surface area contributed by atoms with E-state index in [0.717, 1.165) is 171 Å². The molecule has 3 fully saturated rings. The standard InChI is InChI=1S/C85H161N3O6/c1-5-9-13-17-27-37-53-72-69-74(55-39-33-35-45-62-79(91)71-76-57-49-50-63-80(76)86-83(92)66-46-31-25-21-19-23-29-43-60-77(89)58-41-15-11-7-3)75(70-73(72)54-38-28-18-14-10-6-2)56-40-34-36-48-68-85(94)88-82-65-52-51-64-81(82)87-84(93)67-47-32-26-22-20-24-30-44-61-78(90)59-42-16-12-8-4/h72-78,80-82,89-90H,5-71H2,1-4H3,(H,86,92)(H,87,93)(H,88,94)/t72?,73?,74?,75?,76-,77?,78?,80-,81+,82-/m0/s1. The van der Waals surface area contributed by atoms with Crippen LogP contribution in [0.3, 0.4) is 0 Å². The Kier molecular flexibility index (Phi) is 55.9. The Hall–Kier alpha value is -2.00. The molecule has 9 heteroatoms. The van der Waals surface area contributed by atoms with E-state index in [0.29, 0.717) is 43.8 Å². The summed E-state index contributed by atoms with van der Waals surface area (Å²) in [5.74, 6) is 4.62. The Labute approximate surface area is 583 Å². The summed E-state index contributed by atoms with van der Waals surface area (Å²) < 4.78 is 0. The molecular weight excluding hydrogens is 1160 g/mol. The molecule has 0 radical (unpaired) electrons. The first kappa shape index (κ1) is 86.2. The molecule has 0 bridgehead atoms. The molecule has 3 aliphatic carbocycles. The zero-order valence-corrected chi connectivity index (χ0v) is 63.2. The summed E-state index contributed by atoms with van der Waals surface area (Å²) in [6.07, 6.45) is 78.1. The number of nitrogens with one attached hydrogen (secondary N) is 3. The van der Waals surface area contributed by atoms with Crippen LogP contribution in [0.15, 0.2) is 0 Å². The minimum absolute atomic E-state index is 0.0486. The molecule has 5 N–H and O–H groups in total. The van der Waals surface area contributed by atoms with Crippen molar-refractivity contribution in [3.8, 4) is 0 Å². The van der Waals surface area contributed by atoms with Gasteiger partial charge in [-0.3, -0.25) is 19.2 Å². The normalized spacial score (nSPS) is 21.5. The van der Waals surface area contributed by atoms with Gasteiger partial charge in [0.1, 0.15) is 5.78 Å². The SMILES string of the molecule is CCCCCCCCC1CC(CCCCCCC(=O)C[C@@H]2CCCC[C@@H]2NC(=O)CCCCCCCCCCC(O)CCCCCC)C(CCCCCCC(=O)N[C@H]2CCCC[C@H]2NC(=O)CCCCCCCCCCC(O)CCCCCC)CC1CCCCCCCC. The lowest BCUT2D eigenvalue weighted by molar-refractivity contribution is -0.125. The molecule has 0 aromatic heterocycles. The summed E-state index contributed by atoms with van der Waals surface area (Å²) in [6, 6.07) is 0.258. The molecule has 3 amide bonds. The quantitative estimate of drug-likeness (QED) is 0.0384. The fourth-order valence-corrected chi connectivity index (χ4v) is 17.2. The Balaban J connectivity index is 1.38. The van der Waals surface area contributed by atoms with Crippen LogP contribution in [0.1, 0.15) is 458 Å². The number of hydrogen-bond donors (Lipinski definition) is 5. The van der Waals surface area contributed by atoms with Crippen LogP contribution >= 0.6 is 0 Å². The van der Waals surface area contributed by atoms with Crippen LogP contribution in [-0.2, 0) is 19.2 Å². The highest BCUT2D eigenvalue weighted by molar-refractivity contribution is 5.79. The maximum absolute atomic E-state index is 13.5. The molecule has 0 aliphatic heterocycles. The second-order valence-electron chi connectivity index (χ2n) is 31.9. The molecule has 0 saturated heterocycles. The first-order valence-corrected chi connectivity index (χ1v) is 42.8. The van der Waals surface area contributed by atoms with E-state index in [1.807, 2.05) is 0 Å². The van der Waals surface area contributed by atoms with Crippen molar-refractivity contribution in [2.75, 3.05) is 0 Å². The minimum Gasteiger partial charge on any atom is -0.393 e. The van der Waals surface area contributed by atoms with E-state index in [-0.39, 0.29) is 48.1 Å². The van der Waals surface area contributed by atoms with Crippen molar-refractivity contribution in [2.45, 2.75) is 488 Å². The van der Waals surface area contributed by atoms with Crippen LogP contribution < -0.4 is 16.0 Å². The van der Waals surface area contributed by atoms with Crippen molar-refractivity contribution in [1.82, 2.24) is 16.0 Å². The van der Waals surface area contributed by atoms with Gasteiger partial charge in [-0.25, -0.2) is 0 Å². The zero-order chi connectivity index (χ0) is 67.6. The van der Waals surface area contributed by atoms with E-state index in [1.165, 1.54) is 250 Å². The summed E-state index contributed by atoms with van der Waals surface area (Å²) in [6.45, 7) is 9.12. The molecule has 3 rings (SSSR count). The van der Waals surface area contributed by atoms with Gasteiger partial charge in [0.2, 0.25) is 17.7 Å². The van der Waals surface area contributed by atoms with Crippen molar-refractivity contribution in [3.63, 3.8) is 0 Å². The molecule has 94 heavy (non-hydrogen) atoms. The van der Waals surface area contributed by atoms with Gasteiger partial charge in [0.05, 0.1) is 12.2 Å². The monoisotopic (exact) mass is 1320 g/mol. The Morgan fingerprint density at radius 3 is 0.862 bits per heavy atom. The lowest BCUT2D eigenvalue weighted by Gasteiger charge is -2.42. The summed E-state index contributed by atoms with van der Waals surface area (Å²) in [4.78, 5) is 53.2. The van der Waals surface area contributed by atoms with Gasteiger partial charge in [-0.15, -0.1) is 0 Å². The first-order chi connectivity index (χ1) is 46.1. The fraction of sp³-hybridized carbons (Fsp3) is 0.953. The topological polar surface area (TPSA) is 145 Å². The van der Waals surface area contributed by atoms with Crippen molar-refractivity contribution in [2.24, 2.45) is 29.6 Å². The second kappa shape index (κ2) is 60.9. The van der Waals surface area contributed by atoms with E-state index in [2.05, 4.69) is 43.6 Å². The van der Waals surface area contributed by atoms with Gasteiger partial charge in [0, 0.05) is 50.2 Å². The van der Waals surface area contributed by atoms with Crippen LogP contribution in [0.5, 0.6) is 0 Å². The predicted molar refractivity (Wildman–Crippen MR) is 402 cm³/mol. The molecule has 0 aromatic carbocycles. The molecule has 10 atom stereocenters. The molecular formula is C85H161N3O6. The summed E-state index contributed by atoms with van der Waals surface area (Å²) in [7, 11) is 0. The Bertz CT molecular complexity index is 1640. The third-order valence-corrected chi connectivity index (χ3v) is 23.3. The Morgan fingerprint density at radius 1 is 0.287 bits per heavy atom. The van der Waals surface area contributed by atoms with Gasteiger partial charge in [-0.2, -0.15) is 0 Å². The zero-order valence-electron chi connectivity index (χ0n) is 63.2. The molecule has 0 heterocycles. The molecule has 3 saturated carbocycles. The lowest BCUT2D eigenvalue weighted by atomic mass is 9.63. The van der Waals surface area contributed by atoms with Crippen LogP contribution in [0.2, 0.25) is 0 Å². The number of carbonyl (C=O) groups excluding carboxylic acids is 4. The highest BCUT2D eigenvalue weighted by atomic mass is 16.3. The maximum Gasteiger partial charge on any atom is 0.220 e. The maximum atomic E-state index is 13.5. The van der Waals surface area contributed by atoms with Crippen LogP contribution in [0.4, 0.5) is 0 Å². The van der Waals surface area contributed by atoms with Gasteiger partial charge in [0.15, 0.2) is 0 Å². The van der Waals surface area contributed by atoms with E-state index in [4.69, 9.17) is 0 Å². The van der Waals surface area contributed by atoms with Gasteiger partial charge >= 0.3 is 0 Å². The van der Waals surface area contributed by atoms with Crippen LogP contribution in [-0.4, -0.2) is 64.1 Å².